The highest BCUT2D eigenvalue weighted by Crippen LogP contribution is 2.40. The van der Waals surface area contributed by atoms with Gasteiger partial charge in [-0.1, -0.05) is 38.2 Å². The molecule has 0 radical (unpaired) electrons. The number of imidazole rings is 1. The number of halogens is 3. The Bertz CT molecular complexity index is 758. The molecule has 8 heteroatoms. The number of alkyl carbamates (subject to hydrolysis) is 1. The van der Waals surface area contributed by atoms with Crippen molar-refractivity contribution in [3.05, 3.63) is 47.6 Å². The molecule has 5 nitrogen and oxygen atoms in total. The van der Waals surface area contributed by atoms with Gasteiger partial charge >= 0.3 is 12.3 Å². The van der Waals surface area contributed by atoms with Gasteiger partial charge in [0, 0.05) is 0 Å². The van der Waals surface area contributed by atoms with Crippen molar-refractivity contribution >= 4 is 11.8 Å². The summed E-state index contributed by atoms with van der Waals surface area (Å²) >= 11 is 0. The molecule has 0 aromatic carbocycles. The van der Waals surface area contributed by atoms with Gasteiger partial charge < -0.3 is 9.72 Å². The van der Waals surface area contributed by atoms with Crippen LogP contribution >= 0.6 is 0 Å². The lowest BCUT2D eigenvalue weighted by atomic mass is 9.88. The Morgan fingerprint density at radius 3 is 2.67 bits per heavy atom. The Morgan fingerprint density at radius 2 is 2.11 bits per heavy atom. The first-order chi connectivity index (χ1) is 12.6. The van der Waals surface area contributed by atoms with E-state index in [1.807, 2.05) is 18.2 Å². The van der Waals surface area contributed by atoms with E-state index in [2.05, 4.69) is 15.3 Å². The Labute approximate surface area is 156 Å². The predicted octanol–water partition coefficient (Wildman–Crippen LogP) is 5.04. The van der Waals surface area contributed by atoms with E-state index in [1.54, 1.807) is 6.92 Å². The molecule has 2 rings (SSSR count). The van der Waals surface area contributed by atoms with E-state index in [-0.39, 0.29) is 18.7 Å². The average molecular weight is 383 g/mol. The Morgan fingerprint density at radius 1 is 1.37 bits per heavy atom. The first-order valence-electron chi connectivity index (χ1n) is 8.67. The van der Waals surface area contributed by atoms with Gasteiger partial charge in [-0.2, -0.15) is 13.2 Å². The van der Waals surface area contributed by atoms with E-state index < -0.39 is 17.7 Å². The minimum absolute atomic E-state index is 0.103. The summed E-state index contributed by atoms with van der Waals surface area (Å²) < 4.78 is 44.5. The highest BCUT2D eigenvalue weighted by Gasteiger charge is 2.46. The number of carbonyl (C=O) groups is 1. The fraction of sp³-hybridized carbons (Fsp3) is 0.474. The van der Waals surface area contributed by atoms with Crippen molar-refractivity contribution in [2.45, 2.75) is 46.2 Å². The Hall–Kier alpha value is -2.51. The number of nitrogens with one attached hydrogen (secondary N) is 2. The summed E-state index contributed by atoms with van der Waals surface area (Å²) in [6.07, 6.45) is 5.09. The number of nitrogens with zero attached hydrogens (tertiary/aromatic N) is 1. The van der Waals surface area contributed by atoms with E-state index in [0.29, 0.717) is 11.5 Å². The van der Waals surface area contributed by atoms with Crippen LogP contribution in [0.4, 0.5) is 18.0 Å². The molecule has 1 aromatic rings. The number of allylic oxidation sites excluding steroid dienone is 3. The van der Waals surface area contributed by atoms with E-state index in [9.17, 15) is 18.0 Å². The minimum atomic E-state index is -4.36. The first kappa shape index (κ1) is 20.8. The first-order valence-corrected chi connectivity index (χ1v) is 8.67. The second-order valence-corrected chi connectivity index (χ2v) is 7.05. The molecule has 0 atom stereocenters. The third-order valence-electron chi connectivity index (χ3n) is 4.26. The number of carbonyl (C=O) groups excluding carboxylic acids is 1. The molecule has 0 aliphatic heterocycles. The fourth-order valence-electron chi connectivity index (χ4n) is 2.33. The molecule has 27 heavy (non-hydrogen) atoms. The van der Waals surface area contributed by atoms with Crippen LogP contribution in [0.3, 0.4) is 0 Å². The molecule has 0 unspecified atom stereocenters. The van der Waals surface area contributed by atoms with Gasteiger partial charge in [0.25, 0.3) is 0 Å². The van der Waals surface area contributed by atoms with Crippen LogP contribution in [-0.4, -0.2) is 28.8 Å². The molecule has 0 saturated carbocycles. The summed E-state index contributed by atoms with van der Waals surface area (Å²) in [5.74, 6) is 0.582. The predicted molar refractivity (Wildman–Crippen MR) is 96.7 cm³/mol. The molecule has 0 saturated heterocycles. The quantitative estimate of drug-likeness (QED) is 0.723. The van der Waals surface area contributed by atoms with E-state index in [0.717, 1.165) is 32.3 Å². The Balaban J connectivity index is 2.08. The van der Waals surface area contributed by atoms with Crippen LogP contribution in [0.5, 0.6) is 0 Å². The normalized spacial score (nSPS) is 15.5. The Kier molecular flexibility index (Phi) is 6.51. The zero-order valence-corrected chi connectivity index (χ0v) is 15.6. The molecule has 0 spiro atoms. The maximum absolute atomic E-state index is 13.1. The number of H-pyrrole nitrogens is 1. The number of amides is 1. The number of aromatic amines is 1. The summed E-state index contributed by atoms with van der Waals surface area (Å²) in [4.78, 5) is 19.1. The van der Waals surface area contributed by atoms with Crippen LogP contribution in [0.1, 0.15) is 44.6 Å². The zero-order chi connectivity index (χ0) is 20.1. The summed E-state index contributed by atoms with van der Waals surface area (Å²) in [5.41, 5.74) is -0.431. The SMILES string of the molecule is Cc1ncc(/C(=C/CC(C)(C)C(F)(F)F)NC(=O)OCC2=CCCC=C2)[nH]1. The van der Waals surface area contributed by atoms with Crippen LogP contribution in [0, 0.1) is 12.3 Å². The number of rotatable bonds is 6. The van der Waals surface area contributed by atoms with Crippen molar-refractivity contribution in [3.63, 3.8) is 0 Å². The lowest BCUT2D eigenvalue weighted by molar-refractivity contribution is -0.210. The minimum Gasteiger partial charge on any atom is -0.444 e. The van der Waals surface area contributed by atoms with Crippen LogP contribution in [0.2, 0.25) is 0 Å². The number of aromatic nitrogens is 2. The zero-order valence-electron chi connectivity index (χ0n) is 15.6. The molecule has 1 aliphatic carbocycles. The number of ether oxygens (including phenoxy) is 1. The van der Waals surface area contributed by atoms with Crippen molar-refractivity contribution in [3.8, 4) is 0 Å². The summed E-state index contributed by atoms with van der Waals surface area (Å²) in [6, 6.07) is 0. The molecule has 1 aliphatic rings. The number of alkyl halides is 3. The van der Waals surface area contributed by atoms with Gasteiger partial charge in [-0.15, -0.1) is 0 Å². The fourth-order valence-corrected chi connectivity index (χ4v) is 2.33. The average Bonchev–Trinajstić information content (AvgIpc) is 3.03. The van der Waals surface area contributed by atoms with Crippen molar-refractivity contribution in [1.29, 1.82) is 0 Å². The lowest BCUT2D eigenvalue weighted by Gasteiger charge is -2.26. The third kappa shape index (κ3) is 6.01. The summed E-state index contributed by atoms with van der Waals surface area (Å²) in [5, 5.41) is 2.52. The maximum atomic E-state index is 13.1. The number of hydrogen-bond acceptors (Lipinski definition) is 3. The van der Waals surface area contributed by atoms with Gasteiger partial charge in [-0.25, -0.2) is 9.78 Å². The van der Waals surface area contributed by atoms with Crippen molar-refractivity contribution in [1.82, 2.24) is 15.3 Å². The number of hydrogen-bond donors (Lipinski definition) is 2. The largest absolute Gasteiger partial charge is 0.444 e. The lowest BCUT2D eigenvalue weighted by Crippen LogP contribution is -2.32. The summed E-state index contributed by atoms with van der Waals surface area (Å²) in [6.45, 7) is 4.03. The molecular formula is C19H24F3N3O2. The number of aryl methyl sites for hydroxylation is 1. The van der Waals surface area contributed by atoms with Crippen molar-refractivity contribution in [2.75, 3.05) is 6.61 Å². The van der Waals surface area contributed by atoms with Gasteiger partial charge in [0.2, 0.25) is 0 Å². The molecule has 1 amide bonds. The van der Waals surface area contributed by atoms with E-state index in [1.165, 1.54) is 12.3 Å². The molecule has 2 N–H and O–H groups in total. The highest BCUT2D eigenvalue weighted by molar-refractivity contribution is 5.80. The topological polar surface area (TPSA) is 67.0 Å². The van der Waals surface area contributed by atoms with E-state index in [4.69, 9.17) is 4.74 Å². The molecule has 0 bridgehead atoms. The van der Waals surface area contributed by atoms with Crippen molar-refractivity contribution < 1.29 is 22.7 Å². The van der Waals surface area contributed by atoms with Gasteiger partial charge in [-0.05, 0) is 31.8 Å². The van der Waals surface area contributed by atoms with Gasteiger partial charge in [0.05, 0.1) is 23.0 Å². The maximum Gasteiger partial charge on any atom is 0.412 e. The van der Waals surface area contributed by atoms with E-state index >= 15 is 0 Å². The molecular weight excluding hydrogens is 359 g/mol. The van der Waals surface area contributed by atoms with Crippen LogP contribution in [0.15, 0.2) is 36.1 Å². The monoisotopic (exact) mass is 383 g/mol. The highest BCUT2D eigenvalue weighted by atomic mass is 19.4. The van der Waals surface area contributed by atoms with Crippen LogP contribution in [-0.2, 0) is 4.74 Å². The second-order valence-electron chi connectivity index (χ2n) is 7.05. The van der Waals surface area contributed by atoms with Gasteiger partial charge in [0.15, 0.2) is 0 Å². The molecule has 148 valence electrons. The smallest absolute Gasteiger partial charge is 0.412 e. The van der Waals surface area contributed by atoms with Gasteiger partial charge in [-0.3, -0.25) is 5.32 Å². The van der Waals surface area contributed by atoms with Gasteiger partial charge in [0.1, 0.15) is 12.4 Å². The van der Waals surface area contributed by atoms with Crippen LogP contribution in [0.25, 0.3) is 5.70 Å². The van der Waals surface area contributed by atoms with Crippen molar-refractivity contribution in [2.24, 2.45) is 5.41 Å². The second kappa shape index (κ2) is 8.45. The standard InChI is InChI=1S/C19H24F3N3O2/c1-13-23-11-16(24-13)15(9-10-18(2,3)19(20,21)22)25-17(26)27-12-14-7-5-4-6-8-14/h5,7-9,11H,4,6,10,12H2,1-3H3,(H,23,24)(H,25,26)/b15-9-. The summed E-state index contributed by atoms with van der Waals surface area (Å²) in [7, 11) is 0. The molecule has 0 fully saturated rings. The molecule has 1 aromatic heterocycles. The third-order valence-corrected chi connectivity index (χ3v) is 4.26. The van der Waals surface area contributed by atoms with Crippen LogP contribution < -0.4 is 5.32 Å². The molecule has 1 heterocycles.